The predicted octanol–water partition coefficient (Wildman–Crippen LogP) is 4.45. The van der Waals surface area contributed by atoms with Gasteiger partial charge in [-0.1, -0.05) is 32.1 Å². The van der Waals surface area contributed by atoms with E-state index in [0.29, 0.717) is 5.92 Å². The van der Waals surface area contributed by atoms with Crippen molar-refractivity contribution in [3.05, 3.63) is 83.3 Å². The van der Waals surface area contributed by atoms with Gasteiger partial charge in [0.15, 0.2) is 0 Å². The maximum Gasteiger partial charge on any atom is 0.255 e. The van der Waals surface area contributed by atoms with Crippen LogP contribution in [0.2, 0.25) is 0 Å². The maximum atomic E-state index is 13.3. The Labute approximate surface area is 195 Å². The molecule has 0 unspecified atom stereocenters. The van der Waals surface area contributed by atoms with Crippen molar-refractivity contribution in [2.75, 3.05) is 19.6 Å². The number of aromatic nitrogens is 3. The van der Waals surface area contributed by atoms with Gasteiger partial charge in [-0.3, -0.25) is 14.7 Å². The Bertz CT molecular complexity index is 1230. The molecule has 6 heteroatoms. The van der Waals surface area contributed by atoms with Gasteiger partial charge < -0.3 is 4.90 Å². The summed E-state index contributed by atoms with van der Waals surface area (Å²) in [6, 6.07) is 2.03. The molecule has 0 aliphatic carbocycles. The highest BCUT2D eigenvalue weighted by Gasteiger charge is 2.25. The van der Waals surface area contributed by atoms with Gasteiger partial charge in [-0.15, -0.1) is 0 Å². The second kappa shape index (κ2) is 8.94. The third-order valence-electron chi connectivity index (χ3n) is 6.85. The molecule has 0 radical (unpaired) electrons. The van der Waals surface area contributed by atoms with E-state index in [2.05, 4.69) is 35.9 Å². The van der Waals surface area contributed by atoms with Crippen LogP contribution in [0.1, 0.15) is 43.8 Å². The summed E-state index contributed by atoms with van der Waals surface area (Å²) in [6.45, 7) is 9.65. The number of fused-ring (bicyclic) bond motifs is 2. The fourth-order valence-corrected chi connectivity index (χ4v) is 4.93. The summed E-state index contributed by atoms with van der Waals surface area (Å²) >= 11 is 0. The molecule has 5 rings (SSSR count). The van der Waals surface area contributed by atoms with Crippen LogP contribution in [0, 0.1) is 12.8 Å². The third-order valence-corrected chi connectivity index (χ3v) is 6.85. The smallest absolute Gasteiger partial charge is 0.255 e. The molecule has 3 aliphatic rings. The van der Waals surface area contributed by atoms with Crippen molar-refractivity contribution in [1.29, 1.82) is 0 Å². The second-order valence-electron chi connectivity index (χ2n) is 8.97. The van der Waals surface area contributed by atoms with Gasteiger partial charge in [-0.25, -0.2) is 4.52 Å². The number of hydrogen-bond donors (Lipinski definition) is 0. The van der Waals surface area contributed by atoms with E-state index >= 15 is 0 Å². The number of hydrogen-bond acceptors (Lipinski definition) is 4. The first-order chi connectivity index (χ1) is 16.1. The number of carbonyl (C=O) groups excluding carboxylic acids is 1. The minimum atomic E-state index is -0.0458. The fraction of sp³-hybridized carbons (Fsp3) is 0.370. The van der Waals surface area contributed by atoms with Gasteiger partial charge in [0.1, 0.15) is 0 Å². The lowest BCUT2D eigenvalue weighted by atomic mass is 9.88. The van der Waals surface area contributed by atoms with Crippen LogP contribution >= 0.6 is 0 Å². The van der Waals surface area contributed by atoms with Crippen LogP contribution in [0.25, 0.3) is 11.1 Å². The molecule has 2 aromatic heterocycles. The molecule has 1 saturated heterocycles. The maximum absolute atomic E-state index is 13.3. The van der Waals surface area contributed by atoms with E-state index in [4.69, 9.17) is 5.10 Å². The number of likely N-dealkylation sites (tertiary alicyclic amines) is 1. The van der Waals surface area contributed by atoms with Crippen LogP contribution in [0.15, 0.2) is 66.2 Å². The lowest BCUT2D eigenvalue weighted by molar-refractivity contribution is -0.122. The van der Waals surface area contributed by atoms with Crippen LogP contribution in [0.3, 0.4) is 0 Å². The van der Waals surface area contributed by atoms with Crippen LogP contribution in [0.5, 0.6) is 0 Å². The van der Waals surface area contributed by atoms with Crippen molar-refractivity contribution in [1.82, 2.24) is 24.4 Å². The van der Waals surface area contributed by atoms with Gasteiger partial charge in [0.25, 0.3) is 5.91 Å². The monoisotopic (exact) mass is 441 g/mol. The van der Waals surface area contributed by atoms with Gasteiger partial charge >= 0.3 is 0 Å². The summed E-state index contributed by atoms with van der Waals surface area (Å²) in [5.41, 5.74) is 6.66. The molecule has 5 heterocycles. The van der Waals surface area contributed by atoms with Gasteiger partial charge in [-0.05, 0) is 75.5 Å². The molecule has 0 saturated carbocycles. The molecule has 6 nitrogen and oxygen atoms in total. The van der Waals surface area contributed by atoms with Gasteiger partial charge in [0.2, 0.25) is 0 Å². The zero-order chi connectivity index (χ0) is 22.9. The summed E-state index contributed by atoms with van der Waals surface area (Å²) in [6.07, 6.45) is 19.0. The number of nitrogens with zero attached hydrogens (tertiary/aromatic N) is 5. The Hall–Kier alpha value is -3.25. The van der Waals surface area contributed by atoms with Gasteiger partial charge in [-0.2, -0.15) is 5.10 Å². The minimum Gasteiger partial charge on any atom is -0.304 e. The summed E-state index contributed by atoms with van der Waals surface area (Å²) < 4.78 is 1.87. The van der Waals surface area contributed by atoms with E-state index in [1.165, 1.54) is 5.57 Å². The average Bonchev–Trinajstić information content (AvgIpc) is 3.25. The molecule has 1 fully saturated rings. The van der Waals surface area contributed by atoms with Crippen molar-refractivity contribution in [2.24, 2.45) is 5.92 Å². The van der Waals surface area contributed by atoms with E-state index < -0.39 is 0 Å². The molecule has 1 amide bonds. The minimum absolute atomic E-state index is 0.0458. The number of amides is 1. The normalized spacial score (nSPS) is 21.4. The highest BCUT2D eigenvalue weighted by atomic mass is 16.2. The van der Waals surface area contributed by atoms with Crippen molar-refractivity contribution < 1.29 is 4.79 Å². The Balaban J connectivity index is 1.45. The lowest BCUT2D eigenvalue weighted by Gasteiger charge is -2.33. The van der Waals surface area contributed by atoms with E-state index in [0.717, 1.165) is 72.8 Å². The van der Waals surface area contributed by atoms with Crippen molar-refractivity contribution in [2.45, 2.75) is 40.0 Å². The molecule has 0 atom stereocenters. The van der Waals surface area contributed by atoms with Gasteiger partial charge in [0.05, 0.1) is 28.8 Å². The molecular weight excluding hydrogens is 410 g/mol. The number of allylic oxidation sites excluding steroid dienone is 7. The number of carbonyl (C=O) groups is 1. The SMILES string of the molecule is CCc1nc(C)cn2nc(C3=CC(=O)N4C=C(C5CCN(CC)CC5)C=C/C4=C\C=C3)cc12. The largest absolute Gasteiger partial charge is 0.304 e. The topological polar surface area (TPSA) is 53.7 Å². The number of aryl methyl sites for hydroxylation is 2. The zero-order valence-corrected chi connectivity index (χ0v) is 19.7. The highest BCUT2D eigenvalue weighted by molar-refractivity contribution is 5.99. The first-order valence-corrected chi connectivity index (χ1v) is 12.0. The Morgan fingerprint density at radius 2 is 1.94 bits per heavy atom. The van der Waals surface area contributed by atoms with E-state index in [9.17, 15) is 4.79 Å². The molecule has 0 bridgehead atoms. The van der Waals surface area contributed by atoms with E-state index in [1.807, 2.05) is 48.1 Å². The van der Waals surface area contributed by atoms with Crippen molar-refractivity contribution >= 4 is 17.0 Å². The predicted molar refractivity (Wildman–Crippen MR) is 131 cm³/mol. The molecule has 3 aliphatic heterocycles. The number of rotatable bonds is 4. The van der Waals surface area contributed by atoms with E-state index in [-0.39, 0.29) is 5.91 Å². The molecule has 2 aromatic rings. The first-order valence-electron chi connectivity index (χ1n) is 12.0. The highest BCUT2D eigenvalue weighted by Crippen LogP contribution is 2.31. The summed E-state index contributed by atoms with van der Waals surface area (Å²) in [5, 5.41) is 4.75. The standard InChI is InChI=1S/C27H31N5O/c1-4-24-26-16-25(29-32(26)17-19(3)28-24)21-7-6-8-23-10-9-22(18-31(23)27(33)15-21)20-11-13-30(5-2)14-12-20/h6-10,15-18,20H,4-5,11-14H2,1-3H3/b7-6?,21-15?,23-8+. The average molecular weight is 442 g/mol. The van der Waals surface area contributed by atoms with Crippen LogP contribution in [-0.2, 0) is 11.2 Å². The Morgan fingerprint density at radius 3 is 2.70 bits per heavy atom. The second-order valence-corrected chi connectivity index (χ2v) is 8.97. The Kier molecular flexibility index (Phi) is 5.85. The lowest BCUT2D eigenvalue weighted by Crippen LogP contribution is -2.35. The fourth-order valence-electron chi connectivity index (χ4n) is 4.93. The molecular formula is C27H31N5O. The molecule has 170 valence electrons. The molecule has 33 heavy (non-hydrogen) atoms. The third kappa shape index (κ3) is 4.23. The zero-order valence-electron chi connectivity index (χ0n) is 19.7. The summed E-state index contributed by atoms with van der Waals surface area (Å²) in [4.78, 5) is 22.3. The van der Waals surface area contributed by atoms with Crippen LogP contribution < -0.4 is 0 Å². The van der Waals surface area contributed by atoms with Crippen LogP contribution in [-0.4, -0.2) is 49.9 Å². The van der Waals surface area contributed by atoms with Crippen LogP contribution in [0.4, 0.5) is 0 Å². The molecule has 0 aromatic carbocycles. The van der Waals surface area contributed by atoms with Crippen molar-refractivity contribution in [3.8, 4) is 0 Å². The summed E-state index contributed by atoms with van der Waals surface area (Å²) in [5.74, 6) is 0.458. The summed E-state index contributed by atoms with van der Waals surface area (Å²) in [7, 11) is 0. The number of piperidine rings is 1. The molecule has 0 spiro atoms. The van der Waals surface area contributed by atoms with E-state index in [1.54, 1.807) is 11.0 Å². The van der Waals surface area contributed by atoms with Gasteiger partial charge in [0, 0.05) is 23.5 Å². The molecule has 0 N–H and O–H groups in total. The van der Waals surface area contributed by atoms with Crippen molar-refractivity contribution in [3.63, 3.8) is 0 Å². The Morgan fingerprint density at radius 1 is 1.12 bits per heavy atom. The first kappa shape index (κ1) is 21.6. The quantitative estimate of drug-likeness (QED) is 0.703.